The van der Waals surface area contributed by atoms with Crippen LogP contribution in [0.3, 0.4) is 0 Å². The zero-order valence-electron chi connectivity index (χ0n) is 19.7. The Morgan fingerprint density at radius 3 is 2.64 bits per heavy atom. The van der Waals surface area contributed by atoms with Gasteiger partial charge in [-0.15, -0.1) is 0 Å². The molecule has 36 heavy (non-hydrogen) atoms. The van der Waals surface area contributed by atoms with Gasteiger partial charge in [-0.25, -0.2) is 8.42 Å². The Bertz CT molecular complexity index is 1470. The fourth-order valence-corrected chi connectivity index (χ4v) is 6.10. The van der Waals surface area contributed by atoms with E-state index in [1.54, 1.807) is 48.5 Å². The number of methoxy groups -OCH3 is 2. The average Bonchev–Trinajstić information content (AvgIpc) is 3.38. The molecule has 0 saturated carbocycles. The van der Waals surface area contributed by atoms with Crippen molar-refractivity contribution < 1.29 is 22.8 Å². The summed E-state index contributed by atoms with van der Waals surface area (Å²) in [4.78, 5) is 11.0. The van der Waals surface area contributed by atoms with E-state index in [2.05, 4.69) is 22.2 Å². The molecular formula is C26H25N3O6S. The second kappa shape index (κ2) is 9.19. The summed E-state index contributed by atoms with van der Waals surface area (Å²) in [6.07, 6.45) is 4.95. The molecule has 3 aromatic carbocycles. The number of allylic oxidation sites excluding steroid dienone is 2. The van der Waals surface area contributed by atoms with Gasteiger partial charge in [-0.2, -0.15) is 0 Å². The Kier molecular flexibility index (Phi) is 6.05. The first kappa shape index (κ1) is 23.7. The smallest absolute Gasteiger partial charge is 0.269 e. The predicted molar refractivity (Wildman–Crippen MR) is 136 cm³/mol. The average molecular weight is 508 g/mol. The zero-order chi connectivity index (χ0) is 25.4. The predicted octanol–water partition coefficient (Wildman–Crippen LogP) is 5.24. The minimum atomic E-state index is -3.93. The van der Waals surface area contributed by atoms with Crippen LogP contribution in [0.25, 0.3) is 0 Å². The van der Waals surface area contributed by atoms with E-state index in [9.17, 15) is 18.5 Å². The van der Waals surface area contributed by atoms with Crippen LogP contribution < -0.4 is 19.5 Å². The molecule has 0 spiro atoms. The lowest BCUT2D eigenvalue weighted by Gasteiger charge is -2.37. The number of nitrogens with one attached hydrogen (secondary N) is 2. The number of rotatable bonds is 7. The van der Waals surface area contributed by atoms with Crippen molar-refractivity contribution in [2.24, 2.45) is 5.92 Å². The Balaban J connectivity index is 1.49. The molecule has 1 aliphatic heterocycles. The fourth-order valence-electron chi connectivity index (χ4n) is 5.00. The van der Waals surface area contributed by atoms with Gasteiger partial charge in [0.1, 0.15) is 11.5 Å². The first-order valence-corrected chi connectivity index (χ1v) is 12.9. The molecule has 0 aromatic heterocycles. The number of benzene rings is 3. The van der Waals surface area contributed by atoms with Crippen LogP contribution in [-0.2, 0) is 10.0 Å². The molecule has 0 saturated heterocycles. The molecule has 0 bridgehead atoms. The van der Waals surface area contributed by atoms with Gasteiger partial charge in [0.25, 0.3) is 15.7 Å². The standard InChI is InChI=1S/C26H25N3O6S/c1-34-18-9-12-25(35-2)24(14-18)28-36(32,33)19-10-11-23-22(15-19)20-7-4-8-21(20)26(27-23)16-5-3-6-17(13-16)29(30)31/h3-7,9-15,20-21,26-28H,8H2,1-2H3/t20-,21+,26+/m0/s1. The molecule has 0 radical (unpaired) electrons. The monoisotopic (exact) mass is 507 g/mol. The van der Waals surface area contributed by atoms with Crippen LogP contribution >= 0.6 is 0 Å². The molecule has 1 heterocycles. The second-order valence-electron chi connectivity index (χ2n) is 8.75. The number of ether oxygens (including phenoxy) is 2. The number of nitrogens with zero attached hydrogens (tertiary/aromatic N) is 1. The lowest BCUT2D eigenvalue weighted by molar-refractivity contribution is -0.384. The van der Waals surface area contributed by atoms with E-state index in [0.717, 1.165) is 23.2 Å². The minimum absolute atomic E-state index is 0.0213. The molecule has 2 aliphatic rings. The van der Waals surface area contributed by atoms with Crippen LogP contribution in [0, 0.1) is 16.0 Å². The lowest BCUT2D eigenvalue weighted by atomic mass is 9.77. The summed E-state index contributed by atoms with van der Waals surface area (Å²) < 4.78 is 39.8. The Morgan fingerprint density at radius 2 is 1.89 bits per heavy atom. The highest BCUT2D eigenvalue weighted by atomic mass is 32.2. The van der Waals surface area contributed by atoms with Crippen LogP contribution in [-0.4, -0.2) is 27.6 Å². The van der Waals surface area contributed by atoms with Crippen molar-refractivity contribution in [2.45, 2.75) is 23.3 Å². The molecule has 1 aliphatic carbocycles. The molecule has 2 N–H and O–H groups in total. The summed E-state index contributed by atoms with van der Waals surface area (Å²) in [6, 6.07) is 16.4. The minimum Gasteiger partial charge on any atom is -0.497 e. The van der Waals surface area contributed by atoms with E-state index in [4.69, 9.17) is 9.47 Å². The van der Waals surface area contributed by atoms with Gasteiger partial charge in [0.2, 0.25) is 0 Å². The van der Waals surface area contributed by atoms with Gasteiger partial charge in [0, 0.05) is 29.8 Å². The molecule has 5 rings (SSSR count). The first-order valence-electron chi connectivity index (χ1n) is 11.4. The normalized spacial score (nSPS) is 20.1. The maximum Gasteiger partial charge on any atom is 0.269 e. The number of fused-ring (bicyclic) bond motifs is 3. The number of nitro groups is 1. The van der Waals surface area contributed by atoms with Crippen molar-refractivity contribution in [3.63, 3.8) is 0 Å². The summed E-state index contributed by atoms with van der Waals surface area (Å²) in [5.74, 6) is 0.947. The van der Waals surface area contributed by atoms with Gasteiger partial charge in [0.15, 0.2) is 0 Å². The SMILES string of the molecule is COc1ccc(OC)c(NS(=O)(=O)c2ccc3c(c2)[C@H]2C=CC[C@H]2[C@@H](c2cccc([N+](=O)[O-])c2)N3)c1. The van der Waals surface area contributed by atoms with Gasteiger partial charge in [-0.1, -0.05) is 24.3 Å². The molecular weight excluding hydrogens is 482 g/mol. The van der Waals surface area contributed by atoms with Crippen molar-refractivity contribution >= 4 is 27.1 Å². The topological polar surface area (TPSA) is 120 Å². The Labute approximate surface area is 209 Å². The molecule has 10 heteroatoms. The van der Waals surface area contributed by atoms with E-state index in [-0.39, 0.29) is 34.1 Å². The summed E-state index contributed by atoms with van der Waals surface area (Å²) >= 11 is 0. The van der Waals surface area contributed by atoms with Crippen molar-refractivity contribution in [2.75, 3.05) is 24.3 Å². The van der Waals surface area contributed by atoms with E-state index in [1.807, 2.05) is 6.07 Å². The third-order valence-corrected chi connectivity index (χ3v) is 8.10. The van der Waals surface area contributed by atoms with Crippen molar-refractivity contribution in [3.05, 3.63) is 94.1 Å². The van der Waals surface area contributed by atoms with Gasteiger partial charge in [-0.3, -0.25) is 14.8 Å². The van der Waals surface area contributed by atoms with Crippen LogP contribution in [0.15, 0.2) is 77.7 Å². The largest absolute Gasteiger partial charge is 0.497 e. The molecule has 0 unspecified atom stereocenters. The van der Waals surface area contributed by atoms with Crippen LogP contribution in [0.2, 0.25) is 0 Å². The van der Waals surface area contributed by atoms with Gasteiger partial charge >= 0.3 is 0 Å². The van der Waals surface area contributed by atoms with E-state index in [1.165, 1.54) is 20.3 Å². The number of nitro benzene ring substituents is 1. The van der Waals surface area contributed by atoms with Crippen LogP contribution in [0.4, 0.5) is 17.1 Å². The highest BCUT2D eigenvalue weighted by molar-refractivity contribution is 7.92. The fraction of sp³-hybridized carbons (Fsp3) is 0.231. The second-order valence-corrected chi connectivity index (χ2v) is 10.4. The summed E-state index contributed by atoms with van der Waals surface area (Å²) in [6.45, 7) is 0. The number of non-ortho nitro benzene ring substituents is 1. The van der Waals surface area contributed by atoms with E-state index < -0.39 is 14.9 Å². The number of sulfonamides is 1. The summed E-state index contributed by atoms with van der Waals surface area (Å²) in [5, 5.41) is 14.8. The van der Waals surface area contributed by atoms with E-state index in [0.29, 0.717) is 11.5 Å². The first-order chi connectivity index (χ1) is 17.3. The zero-order valence-corrected chi connectivity index (χ0v) is 20.5. The molecule has 0 amide bonds. The van der Waals surface area contributed by atoms with Crippen molar-refractivity contribution in [1.82, 2.24) is 0 Å². The molecule has 3 atom stereocenters. The maximum atomic E-state index is 13.3. The molecule has 3 aromatic rings. The van der Waals surface area contributed by atoms with E-state index >= 15 is 0 Å². The number of anilines is 2. The van der Waals surface area contributed by atoms with Gasteiger partial charge in [-0.05, 0) is 53.8 Å². The van der Waals surface area contributed by atoms with Gasteiger partial charge in [0.05, 0.1) is 35.8 Å². The quantitative estimate of drug-likeness (QED) is 0.255. The maximum absolute atomic E-state index is 13.3. The Hall–Kier alpha value is -4.05. The van der Waals surface area contributed by atoms with Gasteiger partial charge < -0.3 is 14.8 Å². The number of hydrogen-bond donors (Lipinski definition) is 2. The summed E-state index contributed by atoms with van der Waals surface area (Å²) in [7, 11) is -0.957. The van der Waals surface area contributed by atoms with Crippen LogP contribution in [0.1, 0.15) is 29.5 Å². The van der Waals surface area contributed by atoms with Crippen molar-refractivity contribution in [1.29, 1.82) is 0 Å². The highest BCUT2D eigenvalue weighted by Gasteiger charge is 2.39. The van der Waals surface area contributed by atoms with Crippen molar-refractivity contribution in [3.8, 4) is 11.5 Å². The third kappa shape index (κ3) is 4.24. The molecule has 9 nitrogen and oxygen atoms in total. The molecule has 0 fully saturated rings. The summed E-state index contributed by atoms with van der Waals surface area (Å²) in [5.41, 5.74) is 2.82. The highest BCUT2D eigenvalue weighted by Crippen LogP contribution is 2.50. The van der Waals surface area contributed by atoms with Crippen LogP contribution in [0.5, 0.6) is 11.5 Å². The third-order valence-electron chi connectivity index (χ3n) is 6.74. The lowest BCUT2D eigenvalue weighted by Crippen LogP contribution is -2.29. The Morgan fingerprint density at radius 1 is 1.06 bits per heavy atom. The number of hydrogen-bond acceptors (Lipinski definition) is 7. The molecule has 186 valence electrons.